The van der Waals surface area contributed by atoms with Gasteiger partial charge in [-0.3, -0.25) is 0 Å². The van der Waals surface area contributed by atoms with Crippen molar-refractivity contribution < 1.29 is 14.3 Å². The molecule has 0 unspecified atom stereocenters. The van der Waals surface area contributed by atoms with E-state index < -0.39 is 0 Å². The molecule has 1 rings (SSSR count). The summed E-state index contributed by atoms with van der Waals surface area (Å²) in [6.45, 7) is 8.76. The normalized spacial score (nSPS) is 24.0. The zero-order chi connectivity index (χ0) is 16.6. The SMILES string of the molecule is CCCC[C@H](CC)C[C@]1(CC)C=C(CC)/C(=C\C(=O)OC)O1. The summed E-state index contributed by atoms with van der Waals surface area (Å²) in [5.41, 5.74) is 0.872. The molecular formula is C19H32O3. The largest absolute Gasteiger partial charge is 0.483 e. The Morgan fingerprint density at radius 1 is 1.36 bits per heavy atom. The number of carbonyl (C=O) groups is 1. The first-order valence-corrected chi connectivity index (χ1v) is 8.74. The fourth-order valence-corrected chi connectivity index (χ4v) is 3.12. The molecule has 126 valence electrons. The lowest BCUT2D eigenvalue weighted by atomic mass is 9.84. The summed E-state index contributed by atoms with van der Waals surface area (Å²) in [5.74, 6) is 1.02. The van der Waals surface area contributed by atoms with Crippen LogP contribution in [0.5, 0.6) is 0 Å². The van der Waals surface area contributed by atoms with Crippen LogP contribution in [0.3, 0.4) is 0 Å². The van der Waals surface area contributed by atoms with E-state index in [1.54, 1.807) is 0 Å². The van der Waals surface area contributed by atoms with Gasteiger partial charge < -0.3 is 9.47 Å². The molecule has 0 saturated carbocycles. The molecule has 3 nitrogen and oxygen atoms in total. The van der Waals surface area contributed by atoms with E-state index in [-0.39, 0.29) is 11.6 Å². The van der Waals surface area contributed by atoms with Crippen LogP contribution in [-0.4, -0.2) is 18.7 Å². The number of carbonyl (C=O) groups excluding carboxylic acids is 1. The third kappa shape index (κ3) is 4.89. The standard InChI is InChI=1S/C19H32O3/c1-6-10-11-15(7-2)13-19(9-4)14-16(8-3)17(22-19)12-18(20)21-5/h12,14-15H,6-11,13H2,1-5H3/b17-12+/t15-,19+/m0/s1. The highest BCUT2D eigenvalue weighted by Crippen LogP contribution is 2.41. The topological polar surface area (TPSA) is 35.5 Å². The first-order valence-electron chi connectivity index (χ1n) is 8.74. The summed E-state index contributed by atoms with van der Waals surface area (Å²) in [6, 6.07) is 0. The lowest BCUT2D eigenvalue weighted by Gasteiger charge is -2.30. The van der Waals surface area contributed by atoms with Crippen LogP contribution in [0.1, 0.15) is 72.6 Å². The number of methoxy groups -OCH3 is 1. The van der Waals surface area contributed by atoms with Crippen LogP contribution >= 0.6 is 0 Å². The molecule has 0 aromatic heterocycles. The Balaban J connectivity index is 2.92. The van der Waals surface area contributed by atoms with Crippen LogP contribution in [0.15, 0.2) is 23.5 Å². The molecular weight excluding hydrogens is 276 g/mol. The number of allylic oxidation sites excluding steroid dienone is 1. The molecule has 0 amide bonds. The molecule has 0 saturated heterocycles. The predicted octanol–water partition coefficient (Wildman–Crippen LogP) is 5.17. The molecule has 1 aliphatic rings. The number of rotatable bonds is 9. The summed E-state index contributed by atoms with van der Waals surface area (Å²) in [5, 5.41) is 0. The van der Waals surface area contributed by atoms with Gasteiger partial charge in [0.1, 0.15) is 11.4 Å². The molecule has 0 aromatic carbocycles. The molecule has 3 heteroatoms. The summed E-state index contributed by atoms with van der Waals surface area (Å²) in [4.78, 5) is 11.5. The summed E-state index contributed by atoms with van der Waals surface area (Å²) >= 11 is 0. The van der Waals surface area contributed by atoms with E-state index in [0.717, 1.165) is 24.8 Å². The van der Waals surface area contributed by atoms with Gasteiger partial charge in [0, 0.05) is 0 Å². The molecule has 0 spiro atoms. The number of hydrogen-bond donors (Lipinski definition) is 0. The average Bonchev–Trinajstić information content (AvgIpc) is 2.89. The van der Waals surface area contributed by atoms with Crippen molar-refractivity contribution >= 4 is 5.97 Å². The second-order valence-electron chi connectivity index (χ2n) is 6.20. The van der Waals surface area contributed by atoms with Crippen molar-refractivity contribution in [3.63, 3.8) is 0 Å². The first-order chi connectivity index (χ1) is 10.5. The van der Waals surface area contributed by atoms with E-state index in [1.807, 2.05) is 0 Å². The summed E-state index contributed by atoms with van der Waals surface area (Å²) in [6.07, 6.45) is 11.5. The van der Waals surface area contributed by atoms with Crippen LogP contribution < -0.4 is 0 Å². The third-order valence-corrected chi connectivity index (χ3v) is 4.67. The zero-order valence-electron chi connectivity index (χ0n) is 14.9. The van der Waals surface area contributed by atoms with Gasteiger partial charge in [0.2, 0.25) is 0 Å². The Labute approximate surface area is 135 Å². The van der Waals surface area contributed by atoms with E-state index in [4.69, 9.17) is 9.47 Å². The molecule has 22 heavy (non-hydrogen) atoms. The Morgan fingerprint density at radius 2 is 2.09 bits per heavy atom. The predicted molar refractivity (Wildman–Crippen MR) is 90.5 cm³/mol. The number of hydrogen-bond acceptors (Lipinski definition) is 3. The maximum absolute atomic E-state index is 11.5. The molecule has 0 bridgehead atoms. The minimum Gasteiger partial charge on any atom is -0.483 e. The minimum absolute atomic E-state index is 0.250. The second kappa shape index (κ2) is 9.02. The van der Waals surface area contributed by atoms with Crippen molar-refractivity contribution in [3.8, 4) is 0 Å². The highest BCUT2D eigenvalue weighted by molar-refractivity contribution is 5.83. The maximum atomic E-state index is 11.5. The Morgan fingerprint density at radius 3 is 2.59 bits per heavy atom. The summed E-state index contributed by atoms with van der Waals surface area (Å²) in [7, 11) is 1.40. The van der Waals surface area contributed by atoms with Crippen molar-refractivity contribution in [2.45, 2.75) is 78.2 Å². The number of ether oxygens (including phenoxy) is 2. The Hall–Kier alpha value is -1.25. The number of esters is 1. The molecule has 0 aliphatic carbocycles. The first kappa shape index (κ1) is 18.8. The molecule has 0 aromatic rings. The maximum Gasteiger partial charge on any atom is 0.334 e. The van der Waals surface area contributed by atoms with Gasteiger partial charge in [0.25, 0.3) is 0 Å². The van der Waals surface area contributed by atoms with Gasteiger partial charge in [-0.15, -0.1) is 0 Å². The fraction of sp³-hybridized carbons (Fsp3) is 0.737. The van der Waals surface area contributed by atoms with Crippen LogP contribution in [0.25, 0.3) is 0 Å². The van der Waals surface area contributed by atoms with Crippen molar-refractivity contribution in [1.29, 1.82) is 0 Å². The molecule has 2 atom stereocenters. The van der Waals surface area contributed by atoms with Crippen LogP contribution in [0.4, 0.5) is 0 Å². The van der Waals surface area contributed by atoms with E-state index in [9.17, 15) is 4.79 Å². The van der Waals surface area contributed by atoms with Crippen LogP contribution in [-0.2, 0) is 14.3 Å². The highest BCUT2D eigenvalue weighted by atomic mass is 16.5. The smallest absolute Gasteiger partial charge is 0.334 e. The monoisotopic (exact) mass is 308 g/mol. The van der Waals surface area contributed by atoms with Crippen LogP contribution in [0.2, 0.25) is 0 Å². The number of unbranched alkanes of at least 4 members (excludes halogenated alkanes) is 1. The van der Waals surface area contributed by atoms with Crippen molar-refractivity contribution in [2.75, 3.05) is 7.11 Å². The van der Waals surface area contributed by atoms with Crippen molar-refractivity contribution in [2.24, 2.45) is 5.92 Å². The lowest BCUT2D eigenvalue weighted by Crippen LogP contribution is -2.29. The van der Waals surface area contributed by atoms with E-state index in [1.165, 1.54) is 38.9 Å². The van der Waals surface area contributed by atoms with Crippen molar-refractivity contribution in [1.82, 2.24) is 0 Å². The van der Waals surface area contributed by atoms with Crippen LogP contribution in [0, 0.1) is 5.92 Å². The fourth-order valence-electron chi connectivity index (χ4n) is 3.12. The zero-order valence-corrected chi connectivity index (χ0v) is 14.9. The Bertz CT molecular complexity index is 422. The van der Waals surface area contributed by atoms with Gasteiger partial charge in [-0.1, -0.05) is 53.4 Å². The molecule has 1 aliphatic heterocycles. The average molecular weight is 308 g/mol. The van der Waals surface area contributed by atoms with E-state index >= 15 is 0 Å². The van der Waals surface area contributed by atoms with E-state index in [0.29, 0.717) is 11.7 Å². The second-order valence-corrected chi connectivity index (χ2v) is 6.20. The lowest BCUT2D eigenvalue weighted by molar-refractivity contribution is -0.135. The molecule has 0 fully saturated rings. The van der Waals surface area contributed by atoms with Gasteiger partial charge in [0.15, 0.2) is 0 Å². The molecule has 1 heterocycles. The molecule has 0 N–H and O–H groups in total. The Kier molecular flexibility index (Phi) is 7.70. The van der Waals surface area contributed by atoms with Gasteiger partial charge >= 0.3 is 5.97 Å². The van der Waals surface area contributed by atoms with Gasteiger partial charge in [-0.05, 0) is 36.8 Å². The van der Waals surface area contributed by atoms with Gasteiger partial charge in [-0.2, -0.15) is 0 Å². The quantitative estimate of drug-likeness (QED) is 0.435. The summed E-state index contributed by atoms with van der Waals surface area (Å²) < 4.78 is 11.0. The van der Waals surface area contributed by atoms with E-state index in [2.05, 4.69) is 33.8 Å². The molecule has 0 radical (unpaired) electrons. The highest BCUT2D eigenvalue weighted by Gasteiger charge is 2.37. The van der Waals surface area contributed by atoms with Crippen molar-refractivity contribution in [3.05, 3.63) is 23.5 Å². The van der Waals surface area contributed by atoms with Gasteiger partial charge in [-0.25, -0.2) is 4.79 Å². The minimum atomic E-state index is -0.348. The third-order valence-electron chi connectivity index (χ3n) is 4.67. The van der Waals surface area contributed by atoms with Gasteiger partial charge in [0.05, 0.1) is 13.2 Å².